The molecular formula is C20H21F2N5O3. The largest absolute Gasteiger partial charge is 0.481 e. The smallest absolute Gasteiger partial charge is 0.308 e. The van der Waals surface area contributed by atoms with Gasteiger partial charge in [-0.3, -0.25) is 4.79 Å². The molecule has 10 heteroatoms. The van der Waals surface area contributed by atoms with Crippen molar-refractivity contribution in [2.45, 2.75) is 31.7 Å². The second kappa shape index (κ2) is 7.60. The van der Waals surface area contributed by atoms with Crippen molar-refractivity contribution in [2.75, 3.05) is 5.32 Å². The van der Waals surface area contributed by atoms with Gasteiger partial charge < -0.3 is 20.9 Å². The van der Waals surface area contributed by atoms with E-state index in [4.69, 9.17) is 0 Å². The number of hydrogen-bond donors (Lipinski definition) is 3. The summed E-state index contributed by atoms with van der Waals surface area (Å²) in [6.45, 7) is 0. The van der Waals surface area contributed by atoms with E-state index >= 15 is 0 Å². The van der Waals surface area contributed by atoms with E-state index in [0.29, 0.717) is 16.6 Å². The minimum Gasteiger partial charge on any atom is -0.481 e. The van der Waals surface area contributed by atoms with Crippen LogP contribution in [-0.2, 0) is 4.79 Å². The van der Waals surface area contributed by atoms with E-state index in [1.54, 1.807) is 6.20 Å². The van der Waals surface area contributed by atoms with Gasteiger partial charge in [0, 0.05) is 23.2 Å². The van der Waals surface area contributed by atoms with E-state index in [9.17, 15) is 18.7 Å². The summed E-state index contributed by atoms with van der Waals surface area (Å²) in [6, 6.07) is 0.938. The first-order valence-electron chi connectivity index (χ1n) is 9.66. The second-order valence-corrected chi connectivity index (χ2v) is 7.85. The molecule has 0 amide bonds. The van der Waals surface area contributed by atoms with Gasteiger partial charge in [-0.05, 0) is 43.6 Å². The Balaban J connectivity index is 0.00000218. The molecule has 3 aliphatic carbocycles. The molecule has 3 aliphatic rings. The Morgan fingerprint density at radius 1 is 1.13 bits per heavy atom. The zero-order valence-corrected chi connectivity index (χ0v) is 15.9. The second-order valence-electron chi connectivity index (χ2n) is 7.85. The van der Waals surface area contributed by atoms with Crippen LogP contribution in [0.3, 0.4) is 0 Å². The Morgan fingerprint density at radius 3 is 2.60 bits per heavy atom. The average Bonchev–Trinajstić information content (AvgIpc) is 3.13. The maximum atomic E-state index is 14.5. The summed E-state index contributed by atoms with van der Waals surface area (Å²) in [6.07, 6.45) is 7.39. The minimum atomic E-state index is -0.857. The Labute approximate surface area is 170 Å². The SMILES string of the molecule is O.O=C(O)[C@H]1C2CCC(CC2)[C@@H]1Nc1nc(-c2c[nH]c3ncc(F)cc23)ncc1F. The van der Waals surface area contributed by atoms with E-state index in [-0.39, 0.29) is 35.0 Å². The summed E-state index contributed by atoms with van der Waals surface area (Å²) in [5, 5.41) is 13.3. The van der Waals surface area contributed by atoms with Gasteiger partial charge in [-0.1, -0.05) is 0 Å². The van der Waals surface area contributed by atoms with Crippen molar-refractivity contribution in [3.05, 3.63) is 36.3 Å². The topological polar surface area (TPSA) is 135 Å². The van der Waals surface area contributed by atoms with Gasteiger partial charge in [-0.2, -0.15) is 0 Å². The van der Waals surface area contributed by atoms with Gasteiger partial charge in [0.05, 0.1) is 18.3 Å². The third-order valence-electron chi connectivity index (χ3n) is 6.29. The number of halogens is 2. The van der Waals surface area contributed by atoms with Gasteiger partial charge in [0.2, 0.25) is 0 Å². The first-order chi connectivity index (χ1) is 14.0. The lowest BCUT2D eigenvalue weighted by molar-refractivity contribution is -0.148. The molecule has 158 valence electrons. The van der Waals surface area contributed by atoms with Crippen molar-refractivity contribution < 1.29 is 24.2 Å². The Bertz CT molecular complexity index is 1100. The number of pyridine rings is 1. The van der Waals surface area contributed by atoms with E-state index in [2.05, 4.69) is 25.3 Å². The molecule has 5 N–H and O–H groups in total. The fraction of sp³-hybridized carbons (Fsp3) is 0.400. The minimum absolute atomic E-state index is 0. The number of H-pyrrole nitrogens is 1. The summed E-state index contributed by atoms with van der Waals surface area (Å²) < 4.78 is 28.1. The number of aromatic amines is 1. The molecule has 2 bridgehead atoms. The number of nitrogens with one attached hydrogen (secondary N) is 2. The predicted molar refractivity (Wildman–Crippen MR) is 105 cm³/mol. The van der Waals surface area contributed by atoms with Gasteiger partial charge >= 0.3 is 5.97 Å². The Hall–Kier alpha value is -3.14. The van der Waals surface area contributed by atoms with Crippen molar-refractivity contribution in [3.63, 3.8) is 0 Å². The molecule has 0 saturated heterocycles. The van der Waals surface area contributed by atoms with Crippen molar-refractivity contribution in [3.8, 4) is 11.4 Å². The van der Waals surface area contributed by atoms with Gasteiger partial charge in [0.15, 0.2) is 17.5 Å². The number of hydrogen-bond acceptors (Lipinski definition) is 5. The number of fused-ring (bicyclic) bond motifs is 4. The highest BCUT2D eigenvalue weighted by Gasteiger charge is 2.47. The highest BCUT2D eigenvalue weighted by atomic mass is 19.1. The number of carboxylic acids is 1. The summed E-state index contributed by atoms with van der Waals surface area (Å²) in [5.41, 5.74) is 0.967. The van der Waals surface area contributed by atoms with Gasteiger partial charge in [-0.25, -0.2) is 23.7 Å². The number of carbonyl (C=O) groups is 1. The third-order valence-corrected chi connectivity index (χ3v) is 6.29. The highest BCUT2D eigenvalue weighted by molar-refractivity contribution is 5.91. The monoisotopic (exact) mass is 417 g/mol. The quantitative estimate of drug-likeness (QED) is 0.597. The molecule has 30 heavy (non-hydrogen) atoms. The van der Waals surface area contributed by atoms with E-state index in [0.717, 1.165) is 38.1 Å². The molecule has 2 atom stereocenters. The van der Waals surface area contributed by atoms with Crippen LogP contribution in [-0.4, -0.2) is 42.5 Å². The number of rotatable bonds is 4. The maximum Gasteiger partial charge on any atom is 0.308 e. The van der Waals surface area contributed by atoms with Crippen LogP contribution >= 0.6 is 0 Å². The molecule has 3 aromatic rings. The summed E-state index contributed by atoms with van der Waals surface area (Å²) in [4.78, 5) is 27.1. The summed E-state index contributed by atoms with van der Waals surface area (Å²) in [7, 11) is 0. The molecule has 8 nitrogen and oxygen atoms in total. The van der Waals surface area contributed by atoms with Crippen LogP contribution in [0.2, 0.25) is 0 Å². The molecule has 3 fully saturated rings. The van der Waals surface area contributed by atoms with Crippen molar-refractivity contribution in [2.24, 2.45) is 17.8 Å². The first-order valence-corrected chi connectivity index (χ1v) is 9.66. The van der Waals surface area contributed by atoms with Gasteiger partial charge in [-0.15, -0.1) is 0 Å². The van der Waals surface area contributed by atoms with Crippen LogP contribution in [0, 0.1) is 29.4 Å². The average molecular weight is 417 g/mol. The Kier molecular flexibility index (Phi) is 5.10. The van der Waals surface area contributed by atoms with Crippen LogP contribution in [0.25, 0.3) is 22.4 Å². The fourth-order valence-electron chi connectivity index (χ4n) is 4.93. The molecule has 0 aromatic carbocycles. The zero-order chi connectivity index (χ0) is 20.1. The lowest BCUT2D eigenvalue weighted by atomic mass is 9.61. The van der Waals surface area contributed by atoms with Crippen LogP contribution in [0.5, 0.6) is 0 Å². The number of nitrogens with zero attached hydrogens (tertiary/aromatic N) is 3. The van der Waals surface area contributed by atoms with E-state index < -0.39 is 23.5 Å². The standard InChI is InChI=1S/C20H19F2N5O2.H2O/c21-11-5-12-13(7-24-17(12)23-6-11)18-25-8-14(22)19(27-18)26-16-10-3-1-9(2-4-10)15(16)20(28)29;/h5-10,15-16H,1-4H2,(H,23,24)(H,28,29)(H,25,26,27);1H2/t9?,10?,15-,16-;/m0./s1. The van der Waals surface area contributed by atoms with Crippen LogP contribution < -0.4 is 5.32 Å². The van der Waals surface area contributed by atoms with E-state index in [1.807, 2.05) is 0 Å². The summed E-state index contributed by atoms with van der Waals surface area (Å²) in [5.74, 6) is -2.12. The molecular weight excluding hydrogens is 396 g/mol. The molecule has 0 aliphatic heterocycles. The summed E-state index contributed by atoms with van der Waals surface area (Å²) >= 11 is 0. The van der Waals surface area contributed by atoms with Crippen molar-refractivity contribution in [1.29, 1.82) is 0 Å². The van der Waals surface area contributed by atoms with Crippen molar-refractivity contribution in [1.82, 2.24) is 19.9 Å². The number of carboxylic acid groups (broad SMARTS) is 1. The van der Waals surface area contributed by atoms with Crippen molar-refractivity contribution >= 4 is 22.8 Å². The third kappa shape index (κ3) is 3.26. The molecule has 6 rings (SSSR count). The molecule has 3 heterocycles. The fourth-order valence-corrected chi connectivity index (χ4v) is 4.93. The molecule has 3 aromatic heterocycles. The first kappa shape index (κ1) is 20.1. The highest BCUT2D eigenvalue weighted by Crippen LogP contribution is 2.46. The normalized spacial score (nSPS) is 25.1. The molecule has 0 unspecified atom stereocenters. The zero-order valence-electron chi connectivity index (χ0n) is 15.9. The van der Waals surface area contributed by atoms with Gasteiger partial charge in [0.1, 0.15) is 11.5 Å². The number of aliphatic carboxylic acids is 1. The molecule has 3 saturated carbocycles. The van der Waals surface area contributed by atoms with E-state index in [1.165, 1.54) is 6.07 Å². The van der Waals surface area contributed by atoms with Crippen LogP contribution in [0.1, 0.15) is 25.7 Å². The Morgan fingerprint density at radius 2 is 1.87 bits per heavy atom. The van der Waals surface area contributed by atoms with Gasteiger partial charge in [0.25, 0.3) is 0 Å². The van der Waals surface area contributed by atoms with Crippen LogP contribution in [0.4, 0.5) is 14.6 Å². The lowest BCUT2D eigenvalue weighted by Gasteiger charge is -2.47. The lowest BCUT2D eigenvalue weighted by Crippen LogP contribution is -2.51. The molecule has 0 radical (unpaired) electrons. The van der Waals surface area contributed by atoms with Crippen LogP contribution in [0.15, 0.2) is 24.7 Å². The molecule has 0 spiro atoms. The maximum absolute atomic E-state index is 14.5. The number of aromatic nitrogens is 4. The predicted octanol–water partition coefficient (Wildman–Crippen LogP) is 2.77. The number of anilines is 1.